The van der Waals surface area contributed by atoms with E-state index >= 15 is 0 Å². The third-order valence-electron chi connectivity index (χ3n) is 4.57. The van der Waals surface area contributed by atoms with Crippen LogP contribution in [0.15, 0.2) is 54.6 Å². The zero-order chi connectivity index (χ0) is 16.1. The van der Waals surface area contributed by atoms with Gasteiger partial charge in [0.05, 0.1) is 6.54 Å². The van der Waals surface area contributed by atoms with Crippen molar-refractivity contribution in [2.45, 2.75) is 32.2 Å². The maximum absolute atomic E-state index is 12.5. The summed E-state index contributed by atoms with van der Waals surface area (Å²) in [4.78, 5) is 14.7. The molecule has 2 aromatic rings. The van der Waals surface area contributed by atoms with Crippen molar-refractivity contribution in [2.75, 3.05) is 18.4 Å². The lowest BCUT2D eigenvalue weighted by Gasteiger charge is -2.32. The molecule has 1 aliphatic rings. The van der Waals surface area contributed by atoms with Gasteiger partial charge in [-0.25, -0.2) is 0 Å². The number of carbonyl (C=O) groups is 1. The minimum absolute atomic E-state index is 0.0714. The molecule has 0 spiro atoms. The molecule has 0 saturated carbocycles. The molecule has 1 heterocycles. The van der Waals surface area contributed by atoms with E-state index in [0.717, 1.165) is 23.4 Å². The van der Waals surface area contributed by atoms with Crippen LogP contribution in [0.1, 0.15) is 26.2 Å². The lowest BCUT2D eigenvalue weighted by molar-refractivity contribution is -0.118. The molecule has 0 radical (unpaired) electrons. The van der Waals surface area contributed by atoms with Gasteiger partial charge in [0, 0.05) is 17.3 Å². The molecule has 1 amide bonds. The van der Waals surface area contributed by atoms with Crippen LogP contribution in [0.2, 0.25) is 0 Å². The Labute approximate surface area is 138 Å². The predicted octanol–water partition coefficient (Wildman–Crippen LogP) is 4.17. The molecule has 0 aromatic heterocycles. The van der Waals surface area contributed by atoms with Crippen molar-refractivity contribution in [3.05, 3.63) is 54.6 Å². The fourth-order valence-electron chi connectivity index (χ4n) is 3.23. The van der Waals surface area contributed by atoms with E-state index in [1.807, 2.05) is 36.4 Å². The number of nitrogens with zero attached hydrogens (tertiary/aromatic N) is 1. The second-order valence-corrected chi connectivity index (χ2v) is 6.28. The average Bonchev–Trinajstić information content (AvgIpc) is 2.58. The van der Waals surface area contributed by atoms with Gasteiger partial charge in [0.25, 0.3) is 0 Å². The van der Waals surface area contributed by atoms with Crippen LogP contribution in [0.5, 0.6) is 0 Å². The van der Waals surface area contributed by atoms with E-state index in [2.05, 4.69) is 35.3 Å². The smallest absolute Gasteiger partial charge is 0.238 e. The third-order valence-corrected chi connectivity index (χ3v) is 4.57. The van der Waals surface area contributed by atoms with Gasteiger partial charge in [-0.1, -0.05) is 55.0 Å². The number of nitrogens with one attached hydrogen (secondary N) is 1. The van der Waals surface area contributed by atoms with E-state index in [4.69, 9.17) is 0 Å². The summed E-state index contributed by atoms with van der Waals surface area (Å²) in [6.45, 7) is 3.71. The molecule has 3 heteroatoms. The number of likely N-dealkylation sites (tertiary alicyclic amines) is 1. The van der Waals surface area contributed by atoms with E-state index in [1.54, 1.807) is 0 Å². The summed E-state index contributed by atoms with van der Waals surface area (Å²) >= 11 is 0. The van der Waals surface area contributed by atoms with Gasteiger partial charge in [-0.2, -0.15) is 0 Å². The van der Waals surface area contributed by atoms with Crippen LogP contribution >= 0.6 is 0 Å². The van der Waals surface area contributed by atoms with Crippen LogP contribution in [0.25, 0.3) is 11.1 Å². The van der Waals surface area contributed by atoms with Gasteiger partial charge in [0.1, 0.15) is 0 Å². The molecule has 3 rings (SSSR count). The zero-order valence-corrected chi connectivity index (χ0v) is 13.7. The minimum atomic E-state index is 0.0714. The number of amides is 1. The normalized spacial score (nSPS) is 18.6. The lowest BCUT2D eigenvalue weighted by Crippen LogP contribution is -2.42. The number of carbonyl (C=O) groups excluding carboxylic acids is 1. The maximum atomic E-state index is 12.5. The van der Waals surface area contributed by atoms with E-state index in [-0.39, 0.29) is 5.91 Å². The number of para-hydroxylation sites is 1. The molecule has 0 aliphatic carbocycles. The maximum Gasteiger partial charge on any atom is 0.238 e. The van der Waals surface area contributed by atoms with Crippen LogP contribution in [-0.2, 0) is 4.79 Å². The van der Waals surface area contributed by atoms with Crippen molar-refractivity contribution in [1.29, 1.82) is 0 Å². The largest absolute Gasteiger partial charge is 0.324 e. The van der Waals surface area contributed by atoms with Crippen molar-refractivity contribution >= 4 is 11.6 Å². The molecule has 1 saturated heterocycles. The van der Waals surface area contributed by atoms with Gasteiger partial charge >= 0.3 is 0 Å². The summed E-state index contributed by atoms with van der Waals surface area (Å²) in [5, 5.41) is 3.10. The quantitative estimate of drug-likeness (QED) is 0.919. The predicted molar refractivity (Wildman–Crippen MR) is 95.4 cm³/mol. The number of hydrogen-bond acceptors (Lipinski definition) is 2. The third kappa shape index (κ3) is 3.99. The number of hydrogen-bond donors (Lipinski definition) is 1. The van der Waals surface area contributed by atoms with Crippen LogP contribution < -0.4 is 5.32 Å². The molecule has 23 heavy (non-hydrogen) atoms. The molecule has 0 unspecified atom stereocenters. The van der Waals surface area contributed by atoms with Gasteiger partial charge in [-0.05, 0) is 37.9 Å². The van der Waals surface area contributed by atoms with Crippen LogP contribution in [0, 0.1) is 0 Å². The Morgan fingerprint density at radius 2 is 1.83 bits per heavy atom. The first-order chi connectivity index (χ1) is 11.2. The Balaban J connectivity index is 1.72. The Morgan fingerprint density at radius 3 is 2.61 bits per heavy atom. The Hall–Kier alpha value is -2.13. The fraction of sp³-hybridized carbons (Fsp3) is 0.350. The van der Waals surface area contributed by atoms with Crippen molar-refractivity contribution in [3.8, 4) is 11.1 Å². The average molecular weight is 308 g/mol. The highest BCUT2D eigenvalue weighted by Crippen LogP contribution is 2.27. The first kappa shape index (κ1) is 15.8. The van der Waals surface area contributed by atoms with Gasteiger partial charge in [0.2, 0.25) is 5.91 Å². The van der Waals surface area contributed by atoms with Crippen LogP contribution in [0.4, 0.5) is 5.69 Å². The monoisotopic (exact) mass is 308 g/mol. The fourth-order valence-corrected chi connectivity index (χ4v) is 3.23. The highest BCUT2D eigenvalue weighted by Gasteiger charge is 2.20. The first-order valence-electron chi connectivity index (χ1n) is 8.42. The van der Waals surface area contributed by atoms with Gasteiger partial charge in [0.15, 0.2) is 0 Å². The molecular formula is C20H24N2O. The summed E-state index contributed by atoms with van der Waals surface area (Å²) in [7, 11) is 0. The van der Waals surface area contributed by atoms with E-state index in [1.165, 1.54) is 19.3 Å². The molecule has 1 fully saturated rings. The number of rotatable bonds is 4. The van der Waals surface area contributed by atoms with E-state index < -0.39 is 0 Å². The summed E-state index contributed by atoms with van der Waals surface area (Å²) in [6, 6.07) is 18.7. The second kappa shape index (κ2) is 7.42. The molecule has 3 nitrogen and oxygen atoms in total. The number of benzene rings is 2. The minimum Gasteiger partial charge on any atom is -0.324 e. The standard InChI is InChI=1S/C20H24N2O/c1-16-9-7-8-14-22(16)15-20(23)21-19-13-6-5-12-18(19)17-10-3-2-4-11-17/h2-6,10-13,16H,7-9,14-15H2,1H3,(H,21,23)/t16-/m1/s1. The van der Waals surface area contributed by atoms with Crippen molar-refractivity contribution in [3.63, 3.8) is 0 Å². The summed E-state index contributed by atoms with van der Waals surface area (Å²) in [6.07, 6.45) is 3.65. The first-order valence-corrected chi connectivity index (χ1v) is 8.42. The Morgan fingerprint density at radius 1 is 1.09 bits per heavy atom. The van der Waals surface area contributed by atoms with E-state index in [0.29, 0.717) is 12.6 Å². The van der Waals surface area contributed by atoms with Gasteiger partial charge in [-0.3, -0.25) is 9.69 Å². The Bertz CT molecular complexity index is 654. The summed E-state index contributed by atoms with van der Waals surface area (Å²) < 4.78 is 0. The Kier molecular flexibility index (Phi) is 5.09. The highest BCUT2D eigenvalue weighted by molar-refractivity contribution is 5.96. The SMILES string of the molecule is C[C@@H]1CCCCN1CC(=O)Nc1ccccc1-c1ccccc1. The number of anilines is 1. The molecule has 2 aromatic carbocycles. The zero-order valence-electron chi connectivity index (χ0n) is 13.7. The van der Waals surface area contributed by atoms with Crippen molar-refractivity contribution in [2.24, 2.45) is 0 Å². The van der Waals surface area contributed by atoms with E-state index in [9.17, 15) is 4.79 Å². The molecule has 1 atom stereocenters. The molecule has 1 N–H and O–H groups in total. The summed E-state index contributed by atoms with van der Waals surface area (Å²) in [5.41, 5.74) is 3.07. The molecule has 0 bridgehead atoms. The van der Waals surface area contributed by atoms with Crippen molar-refractivity contribution < 1.29 is 4.79 Å². The number of piperidine rings is 1. The second-order valence-electron chi connectivity index (χ2n) is 6.28. The topological polar surface area (TPSA) is 32.3 Å². The van der Waals surface area contributed by atoms with Crippen LogP contribution in [0.3, 0.4) is 0 Å². The molecular weight excluding hydrogens is 284 g/mol. The van der Waals surface area contributed by atoms with Gasteiger partial charge in [-0.15, -0.1) is 0 Å². The molecule has 120 valence electrons. The molecule has 1 aliphatic heterocycles. The highest BCUT2D eigenvalue weighted by atomic mass is 16.2. The lowest BCUT2D eigenvalue weighted by atomic mass is 10.0. The van der Waals surface area contributed by atoms with Crippen LogP contribution in [-0.4, -0.2) is 29.9 Å². The summed E-state index contributed by atoms with van der Waals surface area (Å²) in [5.74, 6) is 0.0714. The van der Waals surface area contributed by atoms with Gasteiger partial charge < -0.3 is 5.32 Å². The van der Waals surface area contributed by atoms with Crippen molar-refractivity contribution in [1.82, 2.24) is 4.90 Å².